The maximum atomic E-state index is 12.5. The number of hydrogen-bond donors (Lipinski definition) is 1. The van der Waals surface area contributed by atoms with E-state index in [4.69, 9.17) is 4.74 Å². The van der Waals surface area contributed by atoms with Crippen molar-refractivity contribution in [2.75, 3.05) is 11.8 Å². The summed E-state index contributed by atoms with van der Waals surface area (Å²) in [6.07, 6.45) is 1.65. The van der Waals surface area contributed by atoms with Crippen molar-refractivity contribution >= 4 is 26.6 Å². The minimum atomic E-state index is -3.62. The van der Waals surface area contributed by atoms with Crippen LogP contribution in [0.25, 0.3) is 22.0 Å². The molecule has 1 N–H and O–H groups in total. The van der Waals surface area contributed by atoms with Gasteiger partial charge in [0.2, 0.25) is 0 Å². The molecule has 1 aliphatic rings. The molecule has 2 aromatic carbocycles. The molecule has 0 unspecified atom stereocenters. The first kappa shape index (κ1) is 13.1. The zero-order valence-corrected chi connectivity index (χ0v) is 12.5. The fourth-order valence-electron chi connectivity index (χ4n) is 2.74. The van der Waals surface area contributed by atoms with Crippen LogP contribution in [-0.2, 0) is 10.0 Å². The first-order chi connectivity index (χ1) is 10.6. The Morgan fingerprint density at radius 1 is 1.09 bits per heavy atom. The van der Waals surface area contributed by atoms with Gasteiger partial charge in [0.05, 0.1) is 23.2 Å². The second-order valence-corrected chi connectivity index (χ2v) is 6.68. The molecule has 0 bridgehead atoms. The number of anilines is 1. The molecule has 0 atom stereocenters. The lowest BCUT2D eigenvalue weighted by molar-refractivity contribution is 0.414. The molecule has 0 fully saturated rings. The Morgan fingerprint density at radius 3 is 2.77 bits per heavy atom. The van der Waals surface area contributed by atoms with Crippen molar-refractivity contribution in [2.45, 2.75) is 4.90 Å². The quantitative estimate of drug-likeness (QED) is 0.750. The molecule has 1 aliphatic heterocycles. The molecule has 110 valence electrons. The number of rotatable bonds is 1. The molecule has 4 rings (SSSR count). The van der Waals surface area contributed by atoms with Gasteiger partial charge in [-0.25, -0.2) is 8.42 Å². The standard InChI is InChI=1S/C16H12N2O3S/c1-21-11-5-7-14-13(9-11)12-6-4-10-3-2-8-17-15(10)16(12)18-22(14,19)20/h2-9,18H,1H3. The fraction of sp³-hybridized carbons (Fsp3) is 0.0625. The molecule has 0 radical (unpaired) electrons. The minimum absolute atomic E-state index is 0.246. The van der Waals surface area contributed by atoms with Crippen LogP contribution in [0.15, 0.2) is 53.6 Å². The third-order valence-electron chi connectivity index (χ3n) is 3.78. The maximum Gasteiger partial charge on any atom is 0.262 e. The highest BCUT2D eigenvalue weighted by Crippen LogP contribution is 2.43. The van der Waals surface area contributed by atoms with Crippen LogP contribution in [0.2, 0.25) is 0 Å². The molecule has 0 spiro atoms. The maximum absolute atomic E-state index is 12.5. The summed E-state index contributed by atoms with van der Waals surface area (Å²) >= 11 is 0. The van der Waals surface area contributed by atoms with E-state index in [-0.39, 0.29) is 4.90 Å². The number of fused-ring (bicyclic) bond motifs is 5. The number of aromatic nitrogens is 1. The van der Waals surface area contributed by atoms with Gasteiger partial charge in [0.15, 0.2) is 0 Å². The Bertz CT molecular complexity index is 1010. The largest absolute Gasteiger partial charge is 0.497 e. The number of sulfonamides is 1. The van der Waals surface area contributed by atoms with E-state index in [1.165, 1.54) is 0 Å². The summed E-state index contributed by atoms with van der Waals surface area (Å²) in [4.78, 5) is 4.56. The van der Waals surface area contributed by atoms with Crippen LogP contribution in [0, 0.1) is 0 Å². The number of hydrogen-bond acceptors (Lipinski definition) is 4. The number of methoxy groups -OCH3 is 1. The van der Waals surface area contributed by atoms with E-state index in [9.17, 15) is 8.42 Å². The molecule has 0 amide bonds. The first-order valence-electron chi connectivity index (χ1n) is 6.69. The molecule has 5 nitrogen and oxygen atoms in total. The summed E-state index contributed by atoms with van der Waals surface area (Å²) in [6.45, 7) is 0. The van der Waals surface area contributed by atoms with Gasteiger partial charge in [0, 0.05) is 22.7 Å². The second-order valence-electron chi connectivity index (χ2n) is 5.03. The van der Waals surface area contributed by atoms with Gasteiger partial charge in [0.1, 0.15) is 5.75 Å². The zero-order chi connectivity index (χ0) is 15.3. The Morgan fingerprint density at radius 2 is 1.95 bits per heavy atom. The molecular weight excluding hydrogens is 300 g/mol. The highest BCUT2D eigenvalue weighted by Gasteiger charge is 2.29. The van der Waals surface area contributed by atoms with E-state index in [0.717, 1.165) is 10.9 Å². The van der Waals surface area contributed by atoms with Crippen molar-refractivity contribution in [1.82, 2.24) is 4.98 Å². The summed E-state index contributed by atoms with van der Waals surface area (Å²) in [6, 6.07) is 12.5. The number of nitrogens with zero attached hydrogens (tertiary/aromatic N) is 1. The van der Waals surface area contributed by atoms with Gasteiger partial charge in [-0.15, -0.1) is 0 Å². The number of nitrogens with one attached hydrogen (secondary N) is 1. The van der Waals surface area contributed by atoms with E-state index in [1.54, 1.807) is 31.5 Å². The molecule has 2 heterocycles. The molecule has 0 saturated carbocycles. The lowest BCUT2D eigenvalue weighted by Gasteiger charge is -2.23. The summed E-state index contributed by atoms with van der Waals surface area (Å²) < 4.78 is 32.9. The highest BCUT2D eigenvalue weighted by molar-refractivity contribution is 7.93. The third kappa shape index (κ3) is 1.77. The molecule has 0 saturated heterocycles. The van der Waals surface area contributed by atoms with E-state index in [0.29, 0.717) is 22.5 Å². The first-order valence-corrected chi connectivity index (χ1v) is 8.17. The Balaban J connectivity index is 2.13. The smallest absolute Gasteiger partial charge is 0.262 e. The number of pyridine rings is 1. The fourth-order valence-corrected chi connectivity index (χ4v) is 4.03. The highest BCUT2D eigenvalue weighted by atomic mass is 32.2. The minimum Gasteiger partial charge on any atom is -0.497 e. The van der Waals surface area contributed by atoms with Gasteiger partial charge < -0.3 is 4.74 Å². The van der Waals surface area contributed by atoms with Crippen molar-refractivity contribution in [3.05, 3.63) is 48.7 Å². The lowest BCUT2D eigenvalue weighted by Crippen LogP contribution is -2.19. The van der Waals surface area contributed by atoms with Crippen molar-refractivity contribution in [1.29, 1.82) is 0 Å². The van der Waals surface area contributed by atoms with Gasteiger partial charge in [-0.3, -0.25) is 9.71 Å². The number of ether oxygens (including phenoxy) is 1. The van der Waals surface area contributed by atoms with Crippen LogP contribution < -0.4 is 9.46 Å². The van der Waals surface area contributed by atoms with E-state index in [1.807, 2.05) is 24.3 Å². The molecular formula is C16H12N2O3S. The van der Waals surface area contributed by atoms with Crippen molar-refractivity contribution in [3.63, 3.8) is 0 Å². The van der Waals surface area contributed by atoms with E-state index in [2.05, 4.69) is 9.71 Å². The Hall–Kier alpha value is -2.60. The SMILES string of the molecule is COc1ccc2c(c1)-c1ccc3cccnc3c1NS2(=O)=O. The summed E-state index contributed by atoms with van der Waals surface area (Å²) in [5.41, 5.74) is 2.58. The summed E-state index contributed by atoms with van der Waals surface area (Å²) in [5, 5.41) is 0.885. The van der Waals surface area contributed by atoms with Gasteiger partial charge in [-0.2, -0.15) is 0 Å². The molecule has 1 aromatic heterocycles. The monoisotopic (exact) mass is 312 g/mol. The van der Waals surface area contributed by atoms with Crippen LogP contribution in [0.3, 0.4) is 0 Å². The summed E-state index contributed by atoms with van der Waals surface area (Å²) in [7, 11) is -2.06. The van der Waals surface area contributed by atoms with Gasteiger partial charge in [-0.1, -0.05) is 18.2 Å². The zero-order valence-electron chi connectivity index (χ0n) is 11.7. The van der Waals surface area contributed by atoms with Crippen LogP contribution >= 0.6 is 0 Å². The predicted molar refractivity (Wildman–Crippen MR) is 84.5 cm³/mol. The van der Waals surface area contributed by atoms with E-state index < -0.39 is 10.0 Å². The van der Waals surface area contributed by atoms with Gasteiger partial charge in [-0.05, 0) is 24.3 Å². The van der Waals surface area contributed by atoms with Crippen molar-refractivity contribution < 1.29 is 13.2 Å². The molecule has 6 heteroatoms. The number of benzene rings is 2. The molecule has 0 aliphatic carbocycles. The predicted octanol–water partition coefficient (Wildman–Crippen LogP) is 3.02. The lowest BCUT2D eigenvalue weighted by atomic mass is 10.0. The Kier molecular flexibility index (Phi) is 2.65. The Labute approximate surface area is 127 Å². The van der Waals surface area contributed by atoms with Gasteiger partial charge >= 0.3 is 0 Å². The van der Waals surface area contributed by atoms with Crippen LogP contribution in [0.4, 0.5) is 5.69 Å². The van der Waals surface area contributed by atoms with Crippen molar-refractivity contribution in [3.8, 4) is 16.9 Å². The average molecular weight is 312 g/mol. The average Bonchev–Trinajstić information content (AvgIpc) is 2.54. The second kappa shape index (κ2) is 4.45. The van der Waals surface area contributed by atoms with Crippen molar-refractivity contribution in [2.24, 2.45) is 0 Å². The van der Waals surface area contributed by atoms with Crippen LogP contribution in [0.5, 0.6) is 5.75 Å². The normalized spacial score (nSPS) is 14.8. The molecule has 22 heavy (non-hydrogen) atoms. The molecule has 3 aromatic rings. The topological polar surface area (TPSA) is 68.3 Å². The third-order valence-corrected chi connectivity index (χ3v) is 5.19. The van der Waals surface area contributed by atoms with Crippen LogP contribution in [0.1, 0.15) is 0 Å². The van der Waals surface area contributed by atoms with E-state index >= 15 is 0 Å². The summed E-state index contributed by atoms with van der Waals surface area (Å²) in [5.74, 6) is 0.614. The van der Waals surface area contributed by atoms with Crippen LogP contribution in [-0.4, -0.2) is 20.5 Å². The van der Waals surface area contributed by atoms with Gasteiger partial charge in [0.25, 0.3) is 10.0 Å².